The molecule has 0 bridgehead atoms. The molecule has 1 amide bonds. The van der Waals surface area contributed by atoms with Crippen molar-refractivity contribution < 1.29 is 13.2 Å². The molecule has 32 heavy (non-hydrogen) atoms. The number of sulfonamides is 1. The van der Waals surface area contributed by atoms with Crippen molar-refractivity contribution in [2.24, 2.45) is 0 Å². The molecule has 1 fully saturated rings. The Morgan fingerprint density at radius 1 is 1.06 bits per heavy atom. The van der Waals surface area contributed by atoms with Crippen LogP contribution in [0.2, 0.25) is 0 Å². The Hall–Kier alpha value is -1.70. The van der Waals surface area contributed by atoms with E-state index in [4.69, 9.17) is 0 Å². The summed E-state index contributed by atoms with van der Waals surface area (Å²) in [5, 5.41) is 2.99. The van der Waals surface area contributed by atoms with Crippen LogP contribution in [0.15, 0.2) is 45.8 Å². The molecule has 2 aromatic rings. The highest BCUT2D eigenvalue weighted by molar-refractivity contribution is 9.10. The third-order valence-electron chi connectivity index (χ3n) is 6.20. The van der Waals surface area contributed by atoms with Crippen LogP contribution < -0.4 is 5.32 Å². The van der Waals surface area contributed by atoms with E-state index in [0.717, 1.165) is 58.8 Å². The number of hydrogen-bond acceptors (Lipinski definition) is 3. The monoisotopic (exact) mass is 520 g/mol. The normalized spacial score (nSPS) is 16.2. The Morgan fingerprint density at radius 2 is 1.62 bits per heavy atom. The van der Waals surface area contributed by atoms with Gasteiger partial charge in [0.1, 0.15) is 0 Å². The van der Waals surface area contributed by atoms with Gasteiger partial charge in [-0.15, -0.1) is 0 Å². The van der Waals surface area contributed by atoms with E-state index < -0.39 is 10.0 Å². The van der Waals surface area contributed by atoms with E-state index >= 15 is 0 Å². The van der Waals surface area contributed by atoms with E-state index in [1.54, 1.807) is 0 Å². The number of hydrogen-bond donors (Lipinski definition) is 1. The van der Waals surface area contributed by atoms with Crippen LogP contribution in [0.1, 0.15) is 67.3 Å². The number of halogens is 1. The molecule has 0 aromatic heterocycles. The van der Waals surface area contributed by atoms with Gasteiger partial charge in [0, 0.05) is 10.5 Å². The molecule has 0 heterocycles. The molecule has 2 aromatic carbocycles. The molecule has 0 radical (unpaired) electrons. The third-order valence-corrected chi connectivity index (χ3v) is 8.93. The van der Waals surface area contributed by atoms with Crippen molar-refractivity contribution >= 4 is 31.9 Å². The van der Waals surface area contributed by atoms with Crippen LogP contribution in [-0.2, 0) is 14.8 Å². The fourth-order valence-corrected chi connectivity index (χ4v) is 7.05. The van der Waals surface area contributed by atoms with Crippen LogP contribution >= 0.6 is 15.9 Å². The number of nitrogens with zero attached hydrogens (tertiary/aromatic N) is 1. The molecular formula is C25H33BrN2O3S. The number of carbonyl (C=O) groups excluding carboxylic acids is 1. The summed E-state index contributed by atoms with van der Waals surface area (Å²) in [6.45, 7) is 7.38. The summed E-state index contributed by atoms with van der Waals surface area (Å²) < 4.78 is 30.1. The largest absolute Gasteiger partial charge is 0.348 e. The minimum absolute atomic E-state index is 0.150. The van der Waals surface area contributed by atoms with Crippen LogP contribution in [0.25, 0.3) is 0 Å². The van der Waals surface area contributed by atoms with Crippen LogP contribution in [0.5, 0.6) is 0 Å². The van der Waals surface area contributed by atoms with E-state index in [1.165, 1.54) is 4.31 Å². The molecule has 1 aliphatic carbocycles. The molecule has 1 saturated carbocycles. The lowest BCUT2D eigenvalue weighted by Crippen LogP contribution is -2.47. The maximum Gasteiger partial charge on any atom is 0.244 e. The molecule has 0 spiro atoms. The average molecular weight is 522 g/mol. The molecule has 174 valence electrons. The summed E-state index contributed by atoms with van der Waals surface area (Å²) in [5.41, 5.74) is 3.46. The van der Waals surface area contributed by atoms with Gasteiger partial charge < -0.3 is 5.32 Å². The second-order valence-corrected chi connectivity index (χ2v) is 11.7. The Morgan fingerprint density at radius 3 is 2.19 bits per heavy atom. The van der Waals surface area contributed by atoms with E-state index in [2.05, 4.69) is 21.2 Å². The van der Waals surface area contributed by atoms with Gasteiger partial charge in [0.2, 0.25) is 15.9 Å². The highest BCUT2D eigenvalue weighted by atomic mass is 79.9. The smallest absolute Gasteiger partial charge is 0.244 e. The van der Waals surface area contributed by atoms with Gasteiger partial charge in [-0.3, -0.25) is 4.79 Å². The summed E-state index contributed by atoms with van der Waals surface area (Å²) in [6, 6.07) is 11.2. The van der Waals surface area contributed by atoms with Crippen molar-refractivity contribution in [3.8, 4) is 0 Å². The topological polar surface area (TPSA) is 66.5 Å². The molecule has 3 rings (SSSR count). The highest BCUT2D eigenvalue weighted by Gasteiger charge is 2.36. The molecule has 1 unspecified atom stereocenters. The van der Waals surface area contributed by atoms with Gasteiger partial charge in [-0.1, -0.05) is 65.0 Å². The van der Waals surface area contributed by atoms with E-state index in [1.807, 2.05) is 64.1 Å². The highest BCUT2D eigenvalue weighted by Crippen LogP contribution is 2.31. The van der Waals surface area contributed by atoms with Gasteiger partial charge in [0.05, 0.1) is 17.5 Å². The molecule has 1 atom stereocenters. The van der Waals surface area contributed by atoms with Crippen molar-refractivity contribution in [1.82, 2.24) is 9.62 Å². The number of benzene rings is 2. The fraction of sp³-hybridized carbons (Fsp3) is 0.480. The lowest BCUT2D eigenvalue weighted by molar-refractivity contribution is -0.122. The van der Waals surface area contributed by atoms with Crippen molar-refractivity contribution in [2.75, 3.05) is 6.54 Å². The maximum absolute atomic E-state index is 13.9. The molecule has 5 nitrogen and oxygen atoms in total. The van der Waals surface area contributed by atoms with Crippen LogP contribution in [0.3, 0.4) is 0 Å². The number of aryl methyl sites for hydroxylation is 3. The first-order valence-electron chi connectivity index (χ1n) is 11.2. The van der Waals surface area contributed by atoms with Gasteiger partial charge in [0.15, 0.2) is 0 Å². The number of carbonyl (C=O) groups is 1. The Balaban J connectivity index is 1.87. The van der Waals surface area contributed by atoms with Crippen molar-refractivity contribution in [3.05, 3.63) is 63.1 Å². The van der Waals surface area contributed by atoms with Crippen molar-refractivity contribution in [2.45, 2.75) is 76.8 Å². The second kappa shape index (κ2) is 10.5. The maximum atomic E-state index is 13.9. The molecular weight excluding hydrogens is 488 g/mol. The van der Waals surface area contributed by atoms with Gasteiger partial charge in [0.25, 0.3) is 0 Å². The lowest BCUT2D eigenvalue weighted by Gasteiger charge is -2.34. The van der Waals surface area contributed by atoms with Crippen molar-refractivity contribution in [1.29, 1.82) is 0 Å². The predicted octanol–water partition coefficient (Wildman–Crippen LogP) is 5.58. The Kier molecular flexibility index (Phi) is 8.17. The fourth-order valence-electron chi connectivity index (χ4n) is 4.73. The molecule has 7 heteroatoms. The lowest BCUT2D eigenvalue weighted by atomic mass is 9.95. The van der Waals surface area contributed by atoms with Gasteiger partial charge in [-0.25, -0.2) is 8.42 Å². The summed E-state index contributed by atoms with van der Waals surface area (Å²) in [6.07, 6.45) is 4.66. The molecule has 0 saturated heterocycles. The van der Waals surface area contributed by atoms with Crippen molar-refractivity contribution in [3.63, 3.8) is 0 Å². The third kappa shape index (κ3) is 5.80. The zero-order valence-corrected chi connectivity index (χ0v) is 21.7. The van der Waals surface area contributed by atoms with Crippen LogP contribution in [-0.4, -0.2) is 31.2 Å². The SMILES string of the molecule is Cc1cc(C)c(S(=O)(=O)N(CC(=O)NC(C)c2ccc(Br)cc2)C2CCCCC2)c(C)c1. The molecule has 0 aliphatic heterocycles. The molecule has 1 aliphatic rings. The number of amides is 1. The van der Waals surface area contributed by atoms with Crippen LogP contribution in [0, 0.1) is 20.8 Å². The summed E-state index contributed by atoms with van der Waals surface area (Å²) in [7, 11) is -3.81. The minimum atomic E-state index is -3.81. The Labute approximate surface area is 200 Å². The summed E-state index contributed by atoms with van der Waals surface area (Å²) >= 11 is 3.42. The first kappa shape index (κ1) is 24.9. The number of nitrogens with one attached hydrogen (secondary N) is 1. The minimum Gasteiger partial charge on any atom is -0.348 e. The van der Waals surface area contributed by atoms with Gasteiger partial charge in [-0.2, -0.15) is 4.31 Å². The first-order valence-corrected chi connectivity index (χ1v) is 13.5. The summed E-state index contributed by atoms with van der Waals surface area (Å²) in [4.78, 5) is 13.4. The van der Waals surface area contributed by atoms with Crippen LogP contribution in [0.4, 0.5) is 0 Å². The van der Waals surface area contributed by atoms with E-state index in [0.29, 0.717) is 4.90 Å². The molecule has 1 N–H and O–H groups in total. The van der Waals surface area contributed by atoms with Gasteiger partial charge in [-0.05, 0) is 69.4 Å². The zero-order chi connectivity index (χ0) is 23.5. The zero-order valence-electron chi connectivity index (χ0n) is 19.3. The standard InChI is InChI=1S/C25H33BrN2O3S/c1-17-14-18(2)25(19(3)15-17)32(30,31)28(23-8-6-5-7-9-23)16-24(29)27-20(4)21-10-12-22(26)13-11-21/h10-15,20,23H,5-9,16H2,1-4H3,(H,27,29). The number of rotatable bonds is 7. The van der Waals surface area contributed by atoms with E-state index in [-0.39, 0.29) is 24.5 Å². The van der Waals surface area contributed by atoms with Gasteiger partial charge >= 0.3 is 0 Å². The average Bonchev–Trinajstić information content (AvgIpc) is 2.72. The summed E-state index contributed by atoms with van der Waals surface area (Å²) in [5.74, 6) is -0.281. The van der Waals surface area contributed by atoms with E-state index in [9.17, 15) is 13.2 Å². The Bertz CT molecular complexity index is 1040. The second-order valence-electron chi connectivity index (χ2n) is 8.91. The predicted molar refractivity (Wildman–Crippen MR) is 132 cm³/mol. The quantitative estimate of drug-likeness (QED) is 0.518. The first-order chi connectivity index (χ1) is 15.1.